The van der Waals surface area contributed by atoms with Gasteiger partial charge in [-0.25, -0.2) is 9.13 Å². The molecule has 0 saturated heterocycles. The smallest absolute Gasteiger partial charge is 0.462 e. The number of phosphoric acid groups is 2. The molecule has 0 aliphatic carbocycles. The molecule has 0 radical (unpaired) electrons. The molecule has 0 aromatic carbocycles. The molecule has 3 unspecified atom stereocenters. The highest BCUT2D eigenvalue weighted by molar-refractivity contribution is 7.47. The number of carbonyl (C=O) groups excluding carboxylic acids is 4. The molecular weight excluding hydrogens is 1230 g/mol. The zero-order valence-corrected chi connectivity index (χ0v) is 63.1. The van der Waals surface area contributed by atoms with Crippen LogP contribution >= 0.6 is 15.6 Å². The Morgan fingerprint density at radius 2 is 0.543 bits per heavy atom. The van der Waals surface area contributed by atoms with E-state index in [1.165, 1.54) is 199 Å². The Morgan fingerprint density at radius 1 is 0.309 bits per heavy atom. The molecule has 94 heavy (non-hydrogen) atoms. The second kappa shape index (κ2) is 66.9. The molecule has 0 fully saturated rings. The summed E-state index contributed by atoms with van der Waals surface area (Å²) in [6.07, 6.45) is 54.3. The Balaban J connectivity index is 5.18. The topological polar surface area (TPSA) is 237 Å². The van der Waals surface area contributed by atoms with Crippen LogP contribution in [0.4, 0.5) is 0 Å². The van der Waals surface area contributed by atoms with Gasteiger partial charge in [-0.05, 0) is 37.5 Å². The van der Waals surface area contributed by atoms with Crippen LogP contribution in [0.2, 0.25) is 0 Å². The van der Waals surface area contributed by atoms with Crippen molar-refractivity contribution in [1.82, 2.24) is 0 Å². The molecular formula is C75H146O17P2. The van der Waals surface area contributed by atoms with Crippen molar-refractivity contribution in [2.24, 2.45) is 11.8 Å². The highest BCUT2D eigenvalue weighted by Crippen LogP contribution is 2.45. The lowest BCUT2D eigenvalue weighted by Gasteiger charge is -2.21. The van der Waals surface area contributed by atoms with Gasteiger partial charge in [0.15, 0.2) is 12.2 Å². The molecule has 0 saturated carbocycles. The minimum atomic E-state index is -4.96. The quantitative estimate of drug-likeness (QED) is 0.0222. The molecule has 6 atom stereocenters. The largest absolute Gasteiger partial charge is 0.472 e. The van der Waals surface area contributed by atoms with Gasteiger partial charge in [0, 0.05) is 25.7 Å². The minimum Gasteiger partial charge on any atom is -0.462 e. The lowest BCUT2D eigenvalue weighted by Crippen LogP contribution is -2.30. The number of carbonyl (C=O) groups is 4. The number of unbranched alkanes of at least 4 members (excludes halogenated alkanes) is 43. The van der Waals surface area contributed by atoms with Crippen LogP contribution in [0, 0.1) is 11.8 Å². The van der Waals surface area contributed by atoms with E-state index in [1.807, 2.05) is 0 Å². The average molecular weight is 1380 g/mol. The van der Waals surface area contributed by atoms with Crippen molar-refractivity contribution in [2.45, 2.75) is 407 Å². The van der Waals surface area contributed by atoms with Gasteiger partial charge in [0.1, 0.15) is 19.3 Å². The average Bonchev–Trinajstić information content (AvgIpc) is 1.48. The van der Waals surface area contributed by atoms with Crippen LogP contribution in [0.1, 0.15) is 388 Å². The number of rotatable bonds is 74. The molecule has 0 rings (SSSR count). The van der Waals surface area contributed by atoms with Gasteiger partial charge in [-0.2, -0.15) is 0 Å². The van der Waals surface area contributed by atoms with Crippen molar-refractivity contribution in [1.29, 1.82) is 0 Å². The standard InChI is InChI=1S/C75H146O17P2/c1-7-10-12-14-16-18-19-20-21-22-23-24-25-26-27-28-29-34-41-47-53-59-74(79)91-71(64-86-73(78)58-52-46-40-33-31-30-32-37-43-49-55-67(4)5)66-90-94(83,84)88-62-69(76)61-87-93(81,82)89-65-70(63-85-72(77)57-51-45-39-17-15-13-11-8-2)92-75(80)60-54-48-42-36-35-38-44-50-56-68(6)9-3/h67-71,76H,7-66H2,1-6H3,(H,81,82)(H,83,84)/t68?,69-,70+,71+/m0/s1. The fourth-order valence-electron chi connectivity index (χ4n) is 11.4. The maximum atomic E-state index is 13.1. The fraction of sp³-hybridized carbons (Fsp3) is 0.947. The maximum Gasteiger partial charge on any atom is 0.472 e. The zero-order chi connectivity index (χ0) is 69.3. The van der Waals surface area contributed by atoms with Gasteiger partial charge in [0.2, 0.25) is 0 Å². The van der Waals surface area contributed by atoms with E-state index in [-0.39, 0.29) is 25.7 Å². The van der Waals surface area contributed by atoms with E-state index in [2.05, 4.69) is 41.5 Å². The SMILES string of the molecule is CCCCCCCCCCCCCCCCCCCCCCCC(=O)O[C@H](COC(=O)CCCCCCCCCCCCC(C)C)COP(=O)(O)OC[C@@H](O)COP(=O)(O)OC[C@@H](COC(=O)CCCCCCCCCC)OC(=O)CCCCCCCCCCC(C)CC. The van der Waals surface area contributed by atoms with Gasteiger partial charge in [-0.15, -0.1) is 0 Å². The van der Waals surface area contributed by atoms with Gasteiger partial charge in [0.05, 0.1) is 26.4 Å². The molecule has 0 aromatic heterocycles. The Kier molecular flexibility index (Phi) is 65.5. The highest BCUT2D eigenvalue weighted by atomic mass is 31.2. The molecule has 0 aromatic rings. The lowest BCUT2D eigenvalue weighted by molar-refractivity contribution is -0.161. The first-order valence-electron chi connectivity index (χ1n) is 39.0. The number of aliphatic hydroxyl groups excluding tert-OH is 1. The van der Waals surface area contributed by atoms with Crippen LogP contribution in [0.3, 0.4) is 0 Å². The van der Waals surface area contributed by atoms with Crippen molar-refractivity contribution in [2.75, 3.05) is 39.6 Å². The number of ether oxygens (including phenoxy) is 4. The highest BCUT2D eigenvalue weighted by Gasteiger charge is 2.30. The zero-order valence-electron chi connectivity index (χ0n) is 61.3. The second-order valence-corrected chi connectivity index (χ2v) is 30.7. The molecule has 0 aliphatic rings. The van der Waals surface area contributed by atoms with E-state index in [0.29, 0.717) is 25.7 Å². The summed E-state index contributed by atoms with van der Waals surface area (Å²) in [5.41, 5.74) is 0. The number of phosphoric ester groups is 2. The Labute approximate surface area is 575 Å². The summed E-state index contributed by atoms with van der Waals surface area (Å²) in [5.74, 6) is -0.594. The maximum absolute atomic E-state index is 13.1. The molecule has 19 heteroatoms. The van der Waals surface area contributed by atoms with Crippen LogP contribution in [0.5, 0.6) is 0 Å². The van der Waals surface area contributed by atoms with E-state index in [0.717, 1.165) is 108 Å². The molecule has 17 nitrogen and oxygen atoms in total. The number of hydrogen-bond acceptors (Lipinski definition) is 15. The summed E-state index contributed by atoms with van der Waals surface area (Å²) < 4.78 is 68.4. The number of hydrogen-bond donors (Lipinski definition) is 3. The third kappa shape index (κ3) is 67.3. The van der Waals surface area contributed by atoms with E-state index >= 15 is 0 Å². The summed E-state index contributed by atoms with van der Waals surface area (Å²) in [5, 5.41) is 10.6. The van der Waals surface area contributed by atoms with Crippen LogP contribution in [-0.2, 0) is 65.4 Å². The van der Waals surface area contributed by atoms with Crippen LogP contribution in [0.25, 0.3) is 0 Å². The lowest BCUT2D eigenvalue weighted by atomic mass is 9.99. The molecule has 0 bridgehead atoms. The first-order chi connectivity index (χ1) is 45.4. The van der Waals surface area contributed by atoms with Crippen molar-refractivity contribution in [3.63, 3.8) is 0 Å². The van der Waals surface area contributed by atoms with Gasteiger partial charge in [-0.3, -0.25) is 37.3 Å². The van der Waals surface area contributed by atoms with Gasteiger partial charge in [0.25, 0.3) is 0 Å². The van der Waals surface area contributed by atoms with E-state index in [9.17, 15) is 43.2 Å². The molecule has 0 heterocycles. The normalized spacial score (nSPS) is 14.3. The second-order valence-electron chi connectivity index (χ2n) is 27.8. The Hall–Kier alpha value is -1.94. The number of esters is 4. The Morgan fingerprint density at radius 3 is 0.809 bits per heavy atom. The third-order valence-electron chi connectivity index (χ3n) is 17.8. The molecule has 0 aliphatic heterocycles. The summed E-state index contributed by atoms with van der Waals surface area (Å²) in [6, 6.07) is 0. The van der Waals surface area contributed by atoms with Crippen molar-refractivity contribution >= 4 is 39.5 Å². The van der Waals surface area contributed by atoms with Crippen LogP contribution < -0.4 is 0 Å². The first-order valence-corrected chi connectivity index (χ1v) is 42.0. The Bertz CT molecular complexity index is 1820. The monoisotopic (exact) mass is 1380 g/mol. The summed E-state index contributed by atoms with van der Waals surface area (Å²) in [4.78, 5) is 72.6. The van der Waals surface area contributed by atoms with Gasteiger partial charge >= 0.3 is 39.5 Å². The molecule has 3 N–H and O–H groups in total. The van der Waals surface area contributed by atoms with Crippen molar-refractivity contribution in [3.05, 3.63) is 0 Å². The van der Waals surface area contributed by atoms with Gasteiger partial charge in [-0.1, -0.05) is 337 Å². The fourth-order valence-corrected chi connectivity index (χ4v) is 13.0. The van der Waals surface area contributed by atoms with Crippen LogP contribution in [-0.4, -0.2) is 96.7 Å². The predicted octanol–water partition coefficient (Wildman–Crippen LogP) is 21.9. The first kappa shape index (κ1) is 92.1. The van der Waals surface area contributed by atoms with Crippen molar-refractivity contribution < 1.29 is 80.2 Å². The minimum absolute atomic E-state index is 0.105. The van der Waals surface area contributed by atoms with E-state index in [4.69, 9.17) is 37.0 Å². The molecule has 558 valence electrons. The van der Waals surface area contributed by atoms with E-state index < -0.39 is 97.5 Å². The van der Waals surface area contributed by atoms with E-state index in [1.54, 1.807) is 0 Å². The molecule has 0 spiro atoms. The predicted molar refractivity (Wildman–Crippen MR) is 381 cm³/mol. The summed E-state index contributed by atoms with van der Waals surface area (Å²) >= 11 is 0. The van der Waals surface area contributed by atoms with Gasteiger partial charge < -0.3 is 33.8 Å². The van der Waals surface area contributed by atoms with Crippen LogP contribution in [0.15, 0.2) is 0 Å². The van der Waals surface area contributed by atoms with Crippen molar-refractivity contribution in [3.8, 4) is 0 Å². The summed E-state index contributed by atoms with van der Waals surface area (Å²) in [7, 11) is -9.90. The summed E-state index contributed by atoms with van der Waals surface area (Å²) in [6.45, 7) is 9.55. The third-order valence-corrected chi connectivity index (χ3v) is 19.7. The molecule has 0 amide bonds. The number of aliphatic hydroxyl groups is 1.